The van der Waals surface area contributed by atoms with E-state index >= 15 is 0 Å². The summed E-state index contributed by atoms with van der Waals surface area (Å²) < 4.78 is 5.70. The van der Waals surface area contributed by atoms with Gasteiger partial charge in [0.15, 0.2) is 5.96 Å². The highest BCUT2D eigenvalue weighted by molar-refractivity contribution is 5.81. The van der Waals surface area contributed by atoms with Crippen molar-refractivity contribution < 1.29 is 9.53 Å². The third-order valence-corrected chi connectivity index (χ3v) is 6.09. The van der Waals surface area contributed by atoms with Crippen LogP contribution in [0.3, 0.4) is 0 Å². The van der Waals surface area contributed by atoms with Gasteiger partial charge >= 0.3 is 0 Å². The summed E-state index contributed by atoms with van der Waals surface area (Å²) >= 11 is 0. The molecule has 1 aliphatic carbocycles. The van der Waals surface area contributed by atoms with Crippen molar-refractivity contribution in [3.05, 3.63) is 0 Å². The average molecular weight is 338 g/mol. The van der Waals surface area contributed by atoms with Crippen LogP contribution in [0.5, 0.6) is 0 Å². The Morgan fingerprint density at radius 3 is 2.54 bits per heavy atom. The zero-order valence-corrected chi connectivity index (χ0v) is 16.1. The van der Waals surface area contributed by atoms with Gasteiger partial charge in [0.25, 0.3) is 0 Å². The smallest absolute Gasteiger partial charge is 0.222 e. The number of nitrogens with one attached hydrogen (secondary N) is 2. The zero-order valence-electron chi connectivity index (χ0n) is 16.1. The minimum atomic E-state index is -0.0975. The molecule has 3 atom stereocenters. The van der Waals surface area contributed by atoms with E-state index < -0.39 is 0 Å². The van der Waals surface area contributed by atoms with Crippen molar-refractivity contribution >= 4 is 11.9 Å². The molecule has 1 amide bonds. The minimum Gasteiger partial charge on any atom is -0.378 e. The highest BCUT2D eigenvalue weighted by Gasteiger charge is 2.58. The highest BCUT2D eigenvalue weighted by Crippen LogP contribution is 2.51. The fraction of sp³-hybridized carbons (Fsp3) is 0.889. The number of carbonyl (C=O) groups is 1. The van der Waals surface area contributed by atoms with Crippen LogP contribution in [0.2, 0.25) is 0 Å². The Bertz CT molecular complexity index is 491. The van der Waals surface area contributed by atoms with Crippen LogP contribution in [0.1, 0.15) is 53.9 Å². The van der Waals surface area contributed by atoms with Gasteiger partial charge in [0, 0.05) is 50.7 Å². The Balaban J connectivity index is 1.93. The van der Waals surface area contributed by atoms with Gasteiger partial charge in [0.1, 0.15) is 0 Å². The van der Waals surface area contributed by atoms with E-state index in [2.05, 4.69) is 36.4 Å². The van der Waals surface area contributed by atoms with Gasteiger partial charge in [-0.1, -0.05) is 20.8 Å². The first-order valence-electron chi connectivity index (χ1n) is 9.17. The van der Waals surface area contributed by atoms with Crippen LogP contribution in [0.4, 0.5) is 0 Å². The Morgan fingerprint density at radius 2 is 2.00 bits per heavy atom. The number of rotatable bonds is 5. The minimum absolute atomic E-state index is 0.0395. The van der Waals surface area contributed by atoms with Crippen LogP contribution in [-0.2, 0) is 9.53 Å². The Morgan fingerprint density at radius 1 is 1.29 bits per heavy atom. The maximum Gasteiger partial charge on any atom is 0.222 e. The molecular weight excluding hydrogens is 304 g/mol. The number of methoxy groups -OCH3 is 1. The number of ether oxygens (including phenoxy) is 1. The topological polar surface area (TPSA) is 66.0 Å². The van der Waals surface area contributed by atoms with Gasteiger partial charge in [-0.05, 0) is 26.7 Å². The van der Waals surface area contributed by atoms with Gasteiger partial charge in [0.05, 0.1) is 5.60 Å². The van der Waals surface area contributed by atoms with Crippen LogP contribution in [-0.4, -0.2) is 61.2 Å². The first-order valence-corrected chi connectivity index (χ1v) is 9.17. The highest BCUT2D eigenvalue weighted by atomic mass is 16.5. The number of carbonyl (C=O) groups excluding carboxylic acids is 1. The maximum absolute atomic E-state index is 11.8. The number of amides is 1. The first-order chi connectivity index (χ1) is 11.3. The molecule has 0 aromatic carbocycles. The number of aliphatic imine (C=N–C) groups is 1. The molecule has 2 rings (SSSR count). The summed E-state index contributed by atoms with van der Waals surface area (Å²) in [5.74, 6) is 1.08. The number of likely N-dealkylation sites (tertiary alicyclic amines) is 1. The molecule has 6 nitrogen and oxygen atoms in total. The lowest BCUT2D eigenvalue weighted by atomic mass is 9.56. The van der Waals surface area contributed by atoms with Crippen LogP contribution < -0.4 is 10.6 Å². The fourth-order valence-corrected chi connectivity index (χ4v) is 3.70. The molecule has 0 bridgehead atoms. The maximum atomic E-state index is 11.8. The van der Waals surface area contributed by atoms with Crippen molar-refractivity contribution in [2.45, 2.75) is 71.6 Å². The summed E-state index contributed by atoms with van der Waals surface area (Å²) in [6, 6.07) is 0.602. The average Bonchev–Trinajstić information content (AvgIpc) is 3.02. The largest absolute Gasteiger partial charge is 0.378 e. The number of hydrogen-bond donors (Lipinski definition) is 2. The van der Waals surface area contributed by atoms with Crippen LogP contribution in [0.25, 0.3) is 0 Å². The van der Waals surface area contributed by atoms with Crippen molar-refractivity contribution in [2.75, 3.05) is 26.7 Å². The van der Waals surface area contributed by atoms with Gasteiger partial charge < -0.3 is 20.3 Å². The normalized spacial score (nSPS) is 32.4. The van der Waals surface area contributed by atoms with Crippen molar-refractivity contribution in [1.82, 2.24) is 15.5 Å². The van der Waals surface area contributed by atoms with E-state index in [9.17, 15) is 4.79 Å². The van der Waals surface area contributed by atoms with Crippen molar-refractivity contribution in [1.29, 1.82) is 0 Å². The third-order valence-electron chi connectivity index (χ3n) is 6.09. The van der Waals surface area contributed by atoms with Crippen LogP contribution in [0.15, 0.2) is 4.99 Å². The molecule has 2 fully saturated rings. The van der Waals surface area contributed by atoms with E-state index in [-0.39, 0.29) is 23.0 Å². The summed E-state index contributed by atoms with van der Waals surface area (Å²) in [5.41, 5.74) is -0.0580. The van der Waals surface area contributed by atoms with Crippen LogP contribution >= 0.6 is 0 Å². The van der Waals surface area contributed by atoms with E-state index in [0.717, 1.165) is 38.4 Å². The molecule has 0 spiro atoms. The second-order valence-corrected chi connectivity index (χ2v) is 7.70. The summed E-state index contributed by atoms with van der Waals surface area (Å²) in [4.78, 5) is 18.4. The van der Waals surface area contributed by atoms with Gasteiger partial charge in [-0.25, -0.2) is 0 Å². The molecular formula is C18H34N4O2. The molecule has 24 heavy (non-hydrogen) atoms. The van der Waals surface area contributed by atoms with E-state index in [1.165, 1.54) is 0 Å². The van der Waals surface area contributed by atoms with E-state index in [1.807, 2.05) is 18.7 Å². The van der Waals surface area contributed by atoms with Crippen LogP contribution in [0, 0.1) is 5.41 Å². The molecule has 3 unspecified atom stereocenters. The monoisotopic (exact) mass is 338 g/mol. The molecule has 1 saturated heterocycles. The lowest BCUT2D eigenvalue weighted by Gasteiger charge is -2.59. The molecule has 138 valence electrons. The fourth-order valence-electron chi connectivity index (χ4n) is 3.70. The second-order valence-electron chi connectivity index (χ2n) is 7.70. The Labute approximate surface area is 146 Å². The van der Waals surface area contributed by atoms with Gasteiger partial charge in [-0.2, -0.15) is 0 Å². The third kappa shape index (κ3) is 3.53. The Kier molecular flexibility index (Phi) is 5.78. The number of guanidine groups is 1. The zero-order chi connectivity index (χ0) is 18.0. The summed E-state index contributed by atoms with van der Waals surface area (Å²) in [6.45, 7) is 12.9. The molecule has 0 aromatic heterocycles. The van der Waals surface area contributed by atoms with Gasteiger partial charge in [-0.3, -0.25) is 9.79 Å². The predicted octanol–water partition coefficient (Wildman–Crippen LogP) is 1.76. The second kappa shape index (κ2) is 7.30. The van der Waals surface area contributed by atoms with E-state index in [1.54, 1.807) is 7.11 Å². The molecule has 0 radical (unpaired) electrons. The molecule has 2 aliphatic rings. The quantitative estimate of drug-likeness (QED) is 0.592. The van der Waals surface area contributed by atoms with Gasteiger partial charge in [0.2, 0.25) is 5.91 Å². The van der Waals surface area contributed by atoms with E-state index in [4.69, 9.17) is 4.74 Å². The van der Waals surface area contributed by atoms with Gasteiger partial charge in [-0.15, -0.1) is 0 Å². The standard InChI is InChI=1S/C18H34N4O2/c1-7-15(23)22-10-9-13(12-22)20-16(19-8-2)21-14-11-18(5,24-6)17(14,3)4/h13-14H,7-12H2,1-6H3,(H2,19,20,21). The molecule has 2 N–H and O–H groups in total. The Hall–Kier alpha value is -1.30. The molecule has 1 aliphatic heterocycles. The molecule has 1 saturated carbocycles. The number of nitrogens with zero attached hydrogens (tertiary/aromatic N) is 2. The van der Waals surface area contributed by atoms with Crippen molar-refractivity contribution in [3.8, 4) is 0 Å². The van der Waals surface area contributed by atoms with Crippen molar-refractivity contribution in [2.24, 2.45) is 10.4 Å². The van der Waals surface area contributed by atoms with Crippen molar-refractivity contribution in [3.63, 3.8) is 0 Å². The predicted molar refractivity (Wildman–Crippen MR) is 97.1 cm³/mol. The summed E-state index contributed by atoms with van der Waals surface area (Å²) in [5, 5.41) is 7.09. The lowest BCUT2D eigenvalue weighted by molar-refractivity contribution is -0.176. The number of hydrogen-bond acceptors (Lipinski definition) is 3. The molecule has 6 heteroatoms. The summed E-state index contributed by atoms with van der Waals surface area (Å²) in [7, 11) is 1.79. The lowest BCUT2D eigenvalue weighted by Crippen LogP contribution is -2.69. The molecule has 1 heterocycles. The SMILES string of the molecule is CCN=C(NC1CCN(C(=O)CC)C1)NC1CC(C)(OC)C1(C)C. The molecule has 0 aromatic rings. The summed E-state index contributed by atoms with van der Waals surface area (Å²) in [6.07, 6.45) is 2.51. The van der Waals surface area contributed by atoms with E-state index in [0.29, 0.717) is 12.5 Å². The first kappa shape index (κ1) is 19.0.